The first kappa shape index (κ1) is 10.3. The Kier molecular flexibility index (Phi) is 3.38. The number of hydrogen-bond acceptors (Lipinski definition) is 2. The standard InChI is InChI=1S/C6H12F2N2O/c1-3-10(2)4-6(7,8)5(9)11/h3-4H2,1-2H3,(H2,9,11). The van der Waals surface area contributed by atoms with Crippen LogP contribution in [0.15, 0.2) is 0 Å². The number of carbonyl (C=O) groups is 1. The molecule has 5 heteroatoms. The van der Waals surface area contributed by atoms with Crippen LogP contribution in [0.4, 0.5) is 8.78 Å². The molecule has 0 fully saturated rings. The van der Waals surface area contributed by atoms with Crippen LogP contribution in [0, 0.1) is 0 Å². The third-order valence-electron chi connectivity index (χ3n) is 1.37. The molecular formula is C6H12F2N2O. The van der Waals surface area contributed by atoms with E-state index in [1.165, 1.54) is 11.9 Å². The van der Waals surface area contributed by atoms with Gasteiger partial charge in [-0.05, 0) is 13.6 Å². The topological polar surface area (TPSA) is 46.3 Å². The van der Waals surface area contributed by atoms with Crippen molar-refractivity contribution in [3.8, 4) is 0 Å². The SMILES string of the molecule is CCN(C)CC(F)(F)C(N)=O. The maximum Gasteiger partial charge on any atom is 0.336 e. The second-order valence-electron chi connectivity index (χ2n) is 2.40. The first-order valence-corrected chi connectivity index (χ1v) is 3.26. The van der Waals surface area contributed by atoms with Gasteiger partial charge in [-0.1, -0.05) is 6.92 Å². The van der Waals surface area contributed by atoms with E-state index in [1.807, 2.05) is 0 Å². The Morgan fingerprint density at radius 3 is 2.36 bits per heavy atom. The summed E-state index contributed by atoms with van der Waals surface area (Å²) in [4.78, 5) is 11.4. The fourth-order valence-corrected chi connectivity index (χ4v) is 0.529. The largest absolute Gasteiger partial charge is 0.364 e. The van der Waals surface area contributed by atoms with Crippen molar-refractivity contribution in [1.29, 1.82) is 0 Å². The van der Waals surface area contributed by atoms with E-state index in [-0.39, 0.29) is 0 Å². The summed E-state index contributed by atoms with van der Waals surface area (Å²) >= 11 is 0. The molecule has 1 amide bonds. The Bertz CT molecular complexity index is 150. The highest BCUT2D eigenvalue weighted by molar-refractivity contribution is 5.81. The molecule has 0 saturated heterocycles. The molecule has 3 nitrogen and oxygen atoms in total. The lowest BCUT2D eigenvalue weighted by atomic mass is 10.3. The fraction of sp³-hybridized carbons (Fsp3) is 0.833. The van der Waals surface area contributed by atoms with Gasteiger partial charge in [0.05, 0.1) is 6.54 Å². The molecule has 0 saturated carbocycles. The highest BCUT2D eigenvalue weighted by Gasteiger charge is 2.37. The van der Waals surface area contributed by atoms with Gasteiger partial charge in [-0.15, -0.1) is 0 Å². The van der Waals surface area contributed by atoms with Gasteiger partial charge in [0.2, 0.25) is 0 Å². The number of alkyl halides is 2. The minimum Gasteiger partial charge on any atom is -0.364 e. The van der Waals surface area contributed by atoms with Crippen molar-refractivity contribution in [2.45, 2.75) is 12.8 Å². The summed E-state index contributed by atoms with van der Waals surface area (Å²) in [6.07, 6.45) is 0. The highest BCUT2D eigenvalue weighted by Crippen LogP contribution is 2.12. The van der Waals surface area contributed by atoms with Crippen molar-refractivity contribution in [3.05, 3.63) is 0 Å². The third-order valence-corrected chi connectivity index (χ3v) is 1.37. The molecular weight excluding hydrogens is 154 g/mol. The molecule has 11 heavy (non-hydrogen) atoms. The fourth-order valence-electron chi connectivity index (χ4n) is 0.529. The van der Waals surface area contributed by atoms with Crippen LogP contribution in [-0.2, 0) is 4.79 Å². The molecule has 0 aliphatic rings. The van der Waals surface area contributed by atoms with E-state index in [4.69, 9.17) is 0 Å². The van der Waals surface area contributed by atoms with Crippen LogP contribution in [0.2, 0.25) is 0 Å². The molecule has 0 heterocycles. The van der Waals surface area contributed by atoms with Gasteiger partial charge in [0.15, 0.2) is 0 Å². The molecule has 0 bridgehead atoms. The van der Waals surface area contributed by atoms with Crippen molar-refractivity contribution in [1.82, 2.24) is 4.90 Å². The molecule has 0 aliphatic heterocycles. The zero-order valence-electron chi connectivity index (χ0n) is 6.60. The summed E-state index contributed by atoms with van der Waals surface area (Å²) in [5.41, 5.74) is 4.46. The van der Waals surface area contributed by atoms with E-state index in [9.17, 15) is 13.6 Å². The molecule has 0 atom stereocenters. The predicted octanol–water partition coefficient (Wildman–Crippen LogP) is 0.0587. The van der Waals surface area contributed by atoms with Gasteiger partial charge in [-0.2, -0.15) is 8.78 Å². The Labute approximate surface area is 64.2 Å². The molecule has 0 radical (unpaired) electrons. The van der Waals surface area contributed by atoms with Gasteiger partial charge in [0, 0.05) is 0 Å². The van der Waals surface area contributed by atoms with E-state index >= 15 is 0 Å². The van der Waals surface area contributed by atoms with E-state index in [1.54, 1.807) is 6.92 Å². The van der Waals surface area contributed by atoms with Gasteiger partial charge in [-0.25, -0.2) is 0 Å². The molecule has 0 aromatic rings. The molecule has 0 spiro atoms. The number of nitrogens with zero attached hydrogens (tertiary/aromatic N) is 1. The number of hydrogen-bond donors (Lipinski definition) is 1. The quantitative estimate of drug-likeness (QED) is 0.641. The monoisotopic (exact) mass is 166 g/mol. The van der Waals surface area contributed by atoms with Crippen LogP contribution in [0.5, 0.6) is 0 Å². The van der Waals surface area contributed by atoms with Crippen LogP contribution in [0.25, 0.3) is 0 Å². The summed E-state index contributed by atoms with van der Waals surface area (Å²) in [6, 6.07) is 0. The van der Waals surface area contributed by atoms with Crippen LogP contribution in [0.3, 0.4) is 0 Å². The zero-order valence-corrected chi connectivity index (χ0v) is 6.60. The first-order valence-electron chi connectivity index (χ1n) is 3.26. The average Bonchev–Trinajstić information content (AvgIpc) is 1.86. The van der Waals surface area contributed by atoms with Gasteiger partial charge in [-0.3, -0.25) is 4.79 Å². The number of halogens is 2. The lowest BCUT2D eigenvalue weighted by Gasteiger charge is -2.19. The first-order chi connectivity index (χ1) is 4.90. The summed E-state index contributed by atoms with van der Waals surface area (Å²) in [5, 5.41) is 0. The summed E-state index contributed by atoms with van der Waals surface area (Å²) in [7, 11) is 1.50. The van der Waals surface area contributed by atoms with Crippen LogP contribution in [0.1, 0.15) is 6.92 Å². The van der Waals surface area contributed by atoms with Crippen LogP contribution < -0.4 is 5.73 Å². The minimum absolute atomic E-state index is 0.461. The Hall–Kier alpha value is -0.710. The maximum atomic E-state index is 12.5. The molecule has 0 rings (SSSR count). The molecule has 0 aromatic carbocycles. The minimum atomic E-state index is -3.41. The second kappa shape index (κ2) is 3.61. The summed E-state index contributed by atoms with van der Waals surface area (Å²) < 4.78 is 24.9. The van der Waals surface area contributed by atoms with Crippen molar-refractivity contribution in [2.24, 2.45) is 5.73 Å². The number of carbonyl (C=O) groups excluding carboxylic acids is 1. The number of nitrogens with two attached hydrogens (primary N) is 1. The predicted molar refractivity (Wildman–Crippen MR) is 37.3 cm³/mol. The third kappa shape index (κ3) is 3.27. The van der Waals surface area contributed by atoms with Crippen LogP contribution >= 0.6 is 0 Å². The Balaban J connectivity index is 4.01. The normalized spacial score (nSPS) is 12.1. The molecule has 2 N–H and O–H groups in total. The van der Waals surface area contributed by atoms with E-state index in [0.29, 0.717) is 6.54 Å². The lowest BCUT2D eigenvalue weighted by molar-refractivity contribution is -0.144. The summed E-state index contributed by atoms with van der Waals surface area (Å²) in [6.45, 7) is 1.57. The zero-order chi connectivity index (χ0) is 9.07. The molecule has 66 valence electrons. The number of amides is 1. The van der Waals surface area contributed by atoms with Gasteiger partial charge in [0.1, 0.15) is 0 Å². The van der Waals surface area contributed by atoms with Crippen molar-refractivity contribution >= 4 is 5.91 Å². The summed E-state index contributed by atoms with van der Waals surface area (Å²) in [5.74, 6) is -4.98. The van der Waals surface area contributed by atoms with Crippen molar-refractivity contribution < 1.29 is 13.6 Å². The molecule has 0 aliphatic carbocycles. The second-order valence-corrected chi connectivity index (χ2v) is 2.40. The highest BCUT2D eigenvalue weighted by atomic mass is 19.3. The van der Waals surface area contributed by atoms with Gasteiger partial charge in [0.25, 0.3) is 5.91 Å². The van der Waals surface area contributed by atoms with E-state index in [0.717, 1.165) is 0 Å². The molecule has 0 unspecified atom stereocenters. The van der Waals surface area contributed by atoms with Crippen molar-refractivity contribution in [3.63, 3.8) is 0 Å². The smallest absolute Gasteiger partial charge is 0.336 e. The Morgan fingerprint density at radius 2 is 2.09 bits per heavy atom. The van der Waals surface area contributed by atoms with Gasteiger partial charge < -0.3 is 10.6 Å². The molecule has 0 aromatic heterocycles. The van der Waals surface area contributed by atoms with E-state index < -0.39 is 18.4 Å². The van der Waals surface area contributed by atoms with Crippen LogP contribution in [-0.4, -0.2) is 36.9 Å². The maximum absolute atomic E-state index is 12.5. The van der Waals surface area contributed by atoms with Gasteiger partial charge >= 0.3 is 5.92 Å². The number of primary amides is 1. The van der Waals surface area contributed by atoms with Crippen molar-refractivity contribution in [2.75, 3.05) is 20.1 Å². The Morgan fingerprint density at radius 1 is 1.64 bits per heavy atom. The lowest BCUT2D eigenvalue weighted by Crippen LogP contribution is -2.44. The van der Waals surface area contributed by atoms with E-state index in [2.05, 4.69) is 5.73 Å². The number of rotatable bonds is 4. The average molecular weight is 166 g/mol.